The topological polar surface area (TPSA) is 61.8 Å². The SMILES string of the molecule is O=C(C=Cc1c(F)cccc1F)N[C@@H](CO)c1ccc(F)c(N2CCOCC2)c1. The minimum Gasteiger partial charge on any atom is -0.394 e. The van der Waals surface area contributed by atoms with Gasteiger partial charge in [0.1, 0.15) is 17.5 Å². The van der Waals surface area contributed by atoms with E-state index in [0.717, 1.165) is 24.3 Å². The van der Waals surface area contributed by atoms with Crippen LogP contribution < -0.4 is 10.2 Å². The number of nitrogens with one attached hydrogen (secondary N) is 1. The Bertz CT molecular complexity index is 878. The highest BCUT2D eigenvalue weighted by molar-refractivity contribution is 5.92. The van der Waals surface area contributed by atoms with E-state index in [4.69, 9.17) is 4.74 Å². The predicted octanol–water partition coefficient (Wildman–Crippen LogP) is 2.80. The van der Waals surface area contributed by atoms with Gasteiger partial charge in [-0.25, -0.2) is 13.2 Å². The summed E-state index contributed by atoms with van der Waals surface area (Å²) in [6.45, 7) is 1.62. The van der Waals surface area contributed by atoms with Crippen LogP contribution in [0.4, 0.5) is 18.9 Å². The second-order valence-electron chi connectivity index (χ2n) is 6.52. The lowest BCUT2D eigenvalue weighted by Crippen LogP contribution is -2.37. The molecule has 8 heteroatoms. The maximum Gasteiger partial charge on any atom is 0.244 e. The van der Waals surface area contributed by atoms with Gasteiger partial charge in [-0.05, 0) is 35.9 Å². The zero-order valence-electron chi connectivity index (χ0n) is 15.6. The summed E-state index contributed by atoms with van der Waals surface area (Å²) in [6.07, 6.45) is 2.01. The van der Waals surface area contributed by atoms with Crippen molar-refractivity contribution in [1.29, 1.82) is 0 Å². The van der Waals surface area contributed by atoms with Crippen molar-refractivity contribution < 1.29 is 27.8 Å². The van der Waals surface area contributed by atoms with E-state index in [1.54, 1.807) is 6.07 Å². The Morgan fingerprint density at radius 2 is 1.83 bits per heavy atom. The van der Waals surface area contributed by atoms with Crippen LogP contribution in [0.1, 0.15) is 17.2 Å². The fourth-order valence-electron chi connectivity index (χ4n) is 3.08. The van der Waals surface area contributed by atoms with E-state index < -0.39 is 36.0 Å². The smallest absolute Gasteiger partial charge is 0.244 e. The fourth-order valence-corrected chi connectivity index (χ4v) is 3.08. The van der Waals surface area contributed by atoms with Crippen LogP contribution in [0, 0.1) is 17.5 Å². The molecule has 0 bridgehead atoms. The van der Waals surface area contributed by atoms with Gasteiger partial charge in [-0.15, -0.1) is 0 Å². The third kappa shape index (κ3) is 5.16. The van der Waals surface area contributed by atoms with E-state index in [9.17, 15) is 23.1 Å². The molecule has 0 radical (unpaired) electrons. The Morgan fingerprint density at radius 1 is 1.14 bits per heavy atom. The lowest BCUT2D eigenvalue weighted by molar-refractivity contribution is -0.117. The maximum absolute atomic E-state index is 14.3. The van der Waals surface area contributed by atoms with Crippen molar-refractivity contribution in [2.45, 2.75) is 6.04 Å². The molecule has 5 nitrogen and oxygen atoms in total. The first-order valence-corrected chi connectivity index (χ1v) is 9.15. The number of hydrogen-bond acceptors (Lipinski definition) is 4. The second kappa shape index (κ2) is 9.58. The lowest BCUT2D eigenvalue weighted by atomic mass is 10.1. The highest BCUT2D eigenvalue weighted by Gasteiger charge is 2.19. The number of amides is 1. The molecule has 2 aromatic carbocycles. The van der Waals surface area contributed by atoms with E-state index in [2.05, 4.69) is 5.32 Å². The monoisotopic (exact) mass is 406 g/mol. The van der Waals surface area contributed by atoms with Crippen molar-refractivity contribution in [3.63, 3.8) is 0 Å². The van der Waals surface area contributed by atoms with Crippen LogP contribution in [-0.4, -0.2) is 43.9 Å². The second-order valence-corrected chi connectivity index (χ2v) is 6.52. The molecule has 2 N–H and O–H groups in total. The van der Waals surface area contributed by atoms with Crippen LogP contribution in [-0.2, 0) is 9.53 Å². The normalized spacial score (nSPS) is 15.5. The Kier molecular flexibility index (Phi) is 6.90. The highest BCUT2D eigenvalue weighted by atomic mass is 19.1. The first-order valence-electron chi connectivity index (χ1n) is 9.15. The molecule has 1 atom stereocenters. The van der Waals surface area contributed by atoms with E-state index in [0.29, 0.717) is 37.6 Å². The molecule has 2 aromatic rings. The highest BCUT2D eigenvalue weighted by Crippen LogP contribution is 2.25. The third-order valence-electron chi connectivity index (χ3n) is 4.62. The van der Waals surface area contributed by atoms with Crippen LogP contribution in [0.3, 0.4) is 0 Å². The van der Waals surface area contributed by atoms with Gasteiger partial charge in [-0.1, -0.05) is 12.1 Å². The summed E-state index contributed by atoms with van der Waals surface area (Å²) in [5.41, 5.74) is 0.538. The average molecular weight is 406 g/mol. The largest absolute Gasteiger partial charge is 0.394 e. The number of nitrogens with zero attached hydrogens (tertiary/aromatic N) is 1. The predicted molar refractivity (Wildman–Crippen MR) is 103 cm³/mol. The van der Waals surface area contributed by atoms with Gasteiger partial charge in [0.15, 0.2) is 0 Å². The van der Waals surface area contributed by atoms with Gasteiger partial charge < -0.3 is 20.1 Å². The van der Waals surface area contributed by atoms with E-state index in [1.165, 1.54) is 18.2 Å². The zero-order valence-corrected chi connectivity index (χ0v) is 15.6. The van der Waals surface area contributed by atoms with Crippen molar-refractivity contribution in [3.8, 4) is 0 Å². The van der Waals surface area contributed by atoms with Crippen molar-refractivity contribution in [3.05, 3.63) is 71.1 Å². The van der Waals surface area contributed by atoms with Gasteiger partial charge in [-0.2, -0.15) is 0 Å². The summed E-state index contributed by atoms with van der Waals surface area (Å²) in [5.74, 6) is -2.64. The van der Waals surface area contributed by atoms with E-state index in [-0.39, 0.29) is 5.56 Å². The molecule has 0 aromatic heterocycles. The van der Waals surface area contributed by atoms with Gasteiger partial charge in [0, 0.05) is 24.7 Å². The minimum absolute atomic E-state index is 0.334. The molecule has 1 fully saturated rings. The van der Waals surface area contributed by atoms with Gasteiger partial charge in [0.25, 0.3) is 0 Å². The first kappa shape index (κ1) is 20.9. The number of rotatable bonds is 6. The molecule has 29 heavy (non-hydrogen) atoms. The maximum atomic E-state index is 14.3. The molecule has 0 aliphatic carbocycles. The summed E-state index contributed by atoms with van der Waals surface area (Å²) >= 11 is 0. The summed E-state index contributed by atoms with van der Waals surface area (Å²) in [6, 6.07) is 6.91. The number of carbonyl (C=O) groups is 1. The van der Waals surface area contributed by atoms with Crippen LogP contribution in [0.5, 0.6) is 0 Å². The Hall–Kier alpha value is -2.84. The Morgan fingerprint density at radius 3 is 2.48 bits per heavy atom. The molecule has 1 saturated heterocycles. The molecule has 0 unspecified atom stereocenters. The van der Waals surface area contributed by atoms with Crippen LogP contribution in [0.15, 0.2) is 42.5 Å². The molecule has 154 valence electrons. The van der Waals surface area contributed by atoms with Crippen LogP contribution in [0.2, 0.25) is 0 Å². The Balaban J connectivity index is 1.74. The number of aliphatic hydroxyl groups excluding tert-OH is 1. The number of ether oxygens (including phenoxy) is 1. The minimum atomic E-state index is -0.807. The van der Waals surface area contributed by atoms with Crippen molar-refractivity contribution >= 4 is 17.7 Å². The van der Waals surface area contributed by atoms with E-state index in [1.807, 2.05) is 4.90 Å². The molecule has 3 rings (SSSR count). The summed E-state index contributed by atoms with van der Waals surface area (Å²) in [5, 5.41) is 12.2. The molecule has 1 amide bonds. The van der Waals surface area contributed by atoms with Crippen LogP contribution in [0.25, 0.3) is 6.08 Å². The summed E-state index contributed by atoms with van der Waals surface area (Å²) in [4.78, 5) is 14.0. The molecular formula is C21H21F3N2O3. The molecule has 1 aliphatic rings. The number of hydrogen-bond donors (Lipinski definition) is 2. The summed E-state index contributed by atoms with van der Waals surface area (Å²) < 4.78 is 46.8. The number of halogens is 3. The van der Waals surface area contributed by atoms with Crippen molar-refractivity contribution in [2.24, 2.45) is 0 Å². The number of carbonyl (C=O) groups excluding carboxylic acids is 1. The molecule has 1 heterocycles. The van der Waals surface area contributed by atoms with E-state index >= 15 is 0 Å². The quantitative estimate of drug-likeness (QED) is 0.725. The Labute approximate surface area is 166 Å². The fraction of sp³-hybridized carbons (Fsp3) is 0.286. The number of aliphatic hydroxyl groups is 1. The molecular weight excluding hydrogens is 385 g/mol. The number of benzene rings is 2. The number of anilines is 1. The number of morpholine rings is 1. The van der Waals surface area contributed by atoms with Crippen molar-refractivity contribution in [1.82, 2.24) is 5.32 Å². The van der Waals surface area contributed by atoms with Gasteiger partial charge >= 0.3 is 0 Å². The standard InChI is InChI=1S/C21H21F3N2O3/c22-16-2-1-3-17(23)15(16)5-7-21(28)25-19(13-27)14-4-6-18(24)20(12-14)26-8-10-29-11-9-26/h1-7,12,19,27H,8-11,13H2,(H,25,28)/t19-/m0/s1. The molecule has 0 spiro atoms. The van der Waals surface area contributed by atoms with Gasteiger partial charge in [-0.3, -0.25) is 4.79 Å². The van der Waals surface area contributed by atoms with Crippen LogP contribution >= 0.6 is 0 Å². The first-order chi connectivity index (χ1) is 14.0. The zero-order chi connectivity index (χ0) is 20.8. The van der Waals surface area contributed by atoms with Crippen molar-refractivity contribution in [2.75, 3.05) is 37.8 Å². The van der Waals surface area contributed by atoms with Gasteiger partial charge in [0.2, 0.25) is 5.91 Å². The molecule has 0 saturated carbocycles. The molecule has 1 aliphatic heterocycles. The average Bonchev–Trinajstić information content (AvgIpc) is 2.73. The lowest BCUT2D eigenvalue weighted by Gasteiger charge is -2.30. The summed E-state index contributed by atoms with van der Waals surface area (Å²) in [7, 11) is 0. The third-order valence-corrected chi connectivity index (χ3v) is 4.62. The van der Waals surface area contributed by atoms with Gasteiger partial charge in [0.05, 0.1) is 31.5 Å².